The molecule has 0 fully saturated rings. The smallest absolute Gasteiger partial charge is 0.0359 e. The summed E-state index contributed by atoms with van der Waals surface area (Å²) in [5.74, 6) is 1.58. The Labute approximate surface area is 78.2 Å². The van der Waals surface area contributed by atoms with Crippen molar-refractivity contribution in [3.05, 3.63) is 11.6 Å². The van der Waals surface area contributed by atoms with Crippen LogP contribution in [0.15, 0.2) is 11.6 Å². The highest BCUT2D eigenvalue weighted by Crippen LogP contribution is 2.32. The van der Waals surface area contributed by atoms with Crippen LogP contribution in [-0.2, 0) is 0 Å². The Morgan fingerprint density at radius 1 is 1.55 bits per heavy atom. The van der Waals surface area contributed by atoms with Gasteiger partial charge in [-0.05, 0) is 24.7 Å². The fourth-order valence-electron chi connectivity index (χ4n) is 1.65. The van der Waals surface area contributed by atoms with Crippen LogP contribution in [0.2, 0.25) is 0 Å². The zero-order valence-electron chi connectivity index (χ0n) is 7.60. The molecule has 0 aromatic heterocycles. The molecule has 1 aliphatic carbocycles. The first-order valence-corrected chi connectivity index (χ1v) is 5.36. The Kier molecular flexibility index (Phi) is 3.17. The molecule has 0 aromatic carbocycles. The molecule has 2 unspecified atom stereocenters. The van der Waals surface area contributed by atoms with Crippen molar-refractivity contribution in [2.75, 3.05) is 0 Å². The van der Waals surface area contributed by atoms with E-state index in [1.165, 1.54) is 12.8 Å². The van der Waals surface area contributed by atoms with E-state index in [4.69, 9.17) is 0 Å². The highest BCUT2D eigenvalue weighted by molar-refractivity contribution is 9.09. The largest absolute Gasteiger partial charge is 0.0842 e. The minimum atomic E-state index is 0.645. The normalized spacial score (nSPS) is 32.3. The van der Waals surface area contributed by atoms with Gasteiger partial charge in [-0.3, -0.25) is 0 Å². The second kappa shape index (κ2) is 3.75. The molecular formula is C10H17Br. The zero-order chi connectivity index (χ0) is 8.43. The first-order valence-electron chi connectivity index (χ1n) is 4.45. The molecule has 1 aliphatic rings. The molecule has 0 nitrogen and oxygen atoms in total. The van der Waals surface area contributed by atoms with Gasteiger partial charge in [0.1, 0.15) is 0 Å². The summed E-state index contributed by atoms with van der Waals surface area (Å²) in [6.07, 6.45) is 5.00. The number of alkyl halides is 1. The van der Waals surface area contributed by atoms with E-state index in [2.05, 4.69) is 42.8 Å². The summed E-state index contributed by atoms with van der Waals surface area (Å²) >= 11 is 3.73. The second-order valence-electron chi connectivity index (χ2n) is 3.90. The summed E-state index contributed by atoms with van der Waals surface area (Å²) < 4.78 is 0. The van der Waals surface area contributed by atoms with Crippen molar-refractivity contribution in [3.8, 4) is 0 Å². The summed E-state index contributed by atoms with van der Waals surface area (Å²) in [5.41, 5.74) is 1.60. The van der Waals surface area contributed by atoms with Gasteiger partial charge in [0.2, 0.25) is 0 Å². The molecule has 0 aliphatic heterocycles. The van der Waals surface area contributed by atoms with Crippen molar-refractivity contribution in [1.82, 2.24) is 0 Å². The summed E-state index contributed by atoms with van der Waals surface area (Å²) in [6.45, 7) is 6.87. The van der Waals surface area contributed by atoms with E-state index in [1.807, 2.05) is 0 Å². The fourth-order valence-corrected chi connectivity index (χ4v) is 3.00. The zero-order valence-corrected chi connectivity index (χ0v) is 9.19. The molecule has 0 heterocycles. The average molecular weight is 217 g/mol. The number of hydrogen-bond donors (Lipinski definition) is 0. The summed E-state index contributed by atoms with van der Waals surface area (Å²) in [7, 11) is 0. The van der Waals surface area contributed by atoms with Crippen molar-refractivity contribution in [1.29, 1.82) is 0 Å². The lowest BCUT2D eigenvalue weighted by molar-refractivity contribution is 0.502. The van der Waals surface area contributed by atoms with Crippen LogP contribution in [-0.4, -0.2) is 4.83 Å². The van der Waals surface area contributed by atoms with Crippen molar-refractivity contribution >= 4 is 15.9 Å². The van der Waals surface area contributed by atoms with E-state index in [9.17, 15) is 0 Å². The lowest BCUT2D eigenvalue weighted by Gasteiger charge is -2.26. The maximum absolute atomic E-state index is 3.73. The summed E-state index contributed by atoms with van der Waals surface area (Å²) in [5, 5.41) is 0. The maximum atomic E-state index is 3.73. The number of rotatable bonds is 1. The minimum Gasteiger partial charge on any atom is -0.0842 e. The van der Waals surface area contributed by atoms with E-state index >= 15 is 0 Å². The van der Waals surface area contributed by atoms with Gasteiger partial charge in [-0.1, -0.05) is 48.4 Å². The Balaban J connectivity index is 2.65. The highest BCUT2D eigenvalue weighted by atomic mass is 79.9. The Morgan fingerprint density at radius 2 is 2.18 bits per heavy atom. The summed E-state index contributed by atoms with van der Waals surface area (Å²) in [4.78, 5) is 0.645. The van der Waals surface area contributed by atoms with Crippen LogP contribution in [0.1, 0.15) is 33.6 Å². The van der Waals surface area contributed by atoms with Gasteiger partial charge in [-0.15, -0.1) is 0 Å². The van der Waals surface area contributed by atoms with Gasteiger partial charge >= 0.3 is 0 Å². The highest BCUT2D eigenvalue weighted by Gasteiger charge is 2.20. The van der Waals surface area contributed by atoms with Gasteiger partial charge in [0.15, 0.2) is 0 Å². The molecule has 0 aromatic rings. The first-order chi connectivity index (χ1) is 5.11. The molecule has 1 heteroatoms. The van der Waals surface area contributed by atoms with Crippen LogP contribution in [0.3, 0.4) is 0 Å². The van der Waals surface area contributed by atoms with Gasteiger partial charge in [0.05, 0.1) is 0 Å². The molecule has 0 amide bonds. The lowest BCUT2D eigenvalue weighted by Crippen LogP contribution is -2.16. The topological polar surface area (TPSA) is 0 Å². The van der Waals surface area contributed by atoms with Gasteiger partial charge in [-0.2, -0.15) is 0 Å². The molecule has 0 spiro atoms. The van der Waals surface area contributed by atoms with Gasteiger partial charge < -0.3 is 0 Å². The predicted molar refractivity (Wildman–Crippen MR) is 54.0 cm³/mol. The third kappa shape index (κ3) is 2.33. The fraction of sp³-hybridized carbons (Fsp3) is 0.800. The van der Waals surface area contributed by atoms with E-state index in [0.717, 1.165) is 5.92 Å². The van der Waals surface area contributed by atoms with Crippen LogP contribution in [0.25, 0.3) is 0 Å². The van der Waals surface area contributed by atoms with Crippen LogP contribution < -0.4 is 0 Å². The second-order valence-corrected chi connectivity index (χ2v) is 5.01. The first kappa shape index (κ1) is 9.31. The Morgan fingerprint density at radius 3 is 2.64 bits per heavy atom. The van der Waals surface area contributed by atoms with Gasteiger partial charge in [0.25, 0.3) is 0 Å². The van der Waals surface area contributed by atoms with Gasteiger partial charge in [0, 0.05) is 4.83 Å². The standard InChI is InChI=1S/C10H17Br/c1-7(2)9-5-4-8(3)6-10(9)11/h5,7-8,10H,4,6H2,1-3H3. The van der Waals surface area contributed by atoms with E-state index in [1.54, 1.807) is 5.57 Å². The lowest BCUT2D eigenvalue weighted by atomic mass is 9.86. The van der Waals surface area contributed by atoms with Crippen LogP contribution >= 0.6 is 15.9 Å². The molecule has 2 atom stereocenters. The molecule has 11 heavy (non-hydrogen) atoms. The van der Waals surface area contributed by atoms with Crippen molar-refractivity contribution in [2.24, 2.45) is 11.8 Å². The molecule has 0 bridgehead atoms. The van der Waals surface area contributed by atoms with E-state index in [-0.39, 0.29) is 0 Å². The van der Waals surface area contributed by atoms with Gasteiger partial charge in [-0.25, -0.2) is 0 Å². The monoisotopic (exact) mass is 216 g/mol. The molecule has 64 valence electrons. The molecule has 1 rings (SSSR count). The average Bonchev–Trinajstić information content (AvgIpc) is 1.85. The van der Waals surface area contributed by atoms with Crippen LogP contribution in [0, 0.1) is 11.8 Å². The molecule has 0 radical (unpaired) electrons. The van der Waals surface area contributed by atoms with Crippen molar-refractivity contribution in [2.45, 2.75) is 38.4 Å². The third-order valence-electron chi connectivity index (χ3n) is 2.39. The van der Waals surface area contributed by atoms with Crippen LogP contribution in [0.5, 0.6) is 0 Å². The molecule has 0 N–H and O–H groups in total. The SMILES string of the molecule is CC1CC=C(C(C)C)C(Br)C1. The number of allylic oxidation sites excluding steroid dienone is 2. The van der Waals surface area contributed by atoms with Crippen molar-refractivity contribution < 1.29 is 0 Å². The Hall–Kier alpha value is 0.220. The molecule has 0 saturated heterocycles. The van der Waals surface area contributed by atoms with Crippen LogP contribution in [0.4, 0.5) is 0 Å². The summed E-state index contributed by atoms with van der Waals surface area (Å²) in [6, 6.07) is 0. The quantitative estimate of drug-likeness (QED) is 0.463. The van der Waals surface area contributed by atoms with Crippen molar-refractivity contribution in [3.63, 3.8) is 0 Å². The Bertz CT molecular complexity index is 158. The number of hydrogen-bond acceptors (Lipinski definition) is 0. The predicted octanol–water partition coefficient (Wildman–Crippen LogP) is 3.76. The van der Waals surface area contributed by atoms with E-state index < -0.39 is 0 Å². The minimum absolute atomic E-state index is 0.645. The maximum Gasteiger partial charge on any atom is 0.0359 e. The number of halogens is 1. The third-order valence-corrected chi connectivity index (χ3v) is 3.30. The molecular weight excluding hydrogens is 200 g/mol. The molecule has 0 saturated carbocycles. The van der Waals surface area contributed by atoms with E-state index in [0.29, 0.717) is 10.7 Å².